The van der Waals surface area contributed by atoms with E-state index >= 15 is 0 Å². The number of fused-ring (bicyclic) bond motifs is 1. The first-order valence-electron chi connectivity index (χ1n) is 5.45. The maximum atomic E-state index is 10.7. The Bertz CT molecular complexity index is 738. The molecule has 19 heavy (non-hydrogen) atoms. The van der Waals surface area contributed by atoms with Gasteiger partial charge in [-0.05, 0) is 29.7 Å². The lowest BCUT2D eigenvalue weighted by molar-refractivity contribution is 0.0696. The van der Waals surface area contributed by atoms with E-state index in [1.807, 2.05) is 24.3 Å². The van der Waals surface area contributed by atoms with Crippen LogP contribution in [0.1, 0.15) is 10.4 Å². The molecule has 3 aromatic rings. The zero-order valence-corrected chi connectivity index (χ0v) is 11.2. The number of carboxylic acids is 1. The maximum absolute atomic E-state index is 10.7. The number of aromatic carboxylic acids is 1. The van der Waals surface area contributed by atoms with Crippen LogP contribution in [0.5, 0.6) is 0 Å². The van der Waals surface area contributed by atoms with Crippen molar-refractivity contribution in [1.82, 2.24) is 9.36 Å². The second-order valence-corrected chi connectivity index (χ2v) is 5.84. The average molecular weight is 288 g/mol. The molecule has 1 aromatic carbocycles. The number of carbonyl (C=O) groups is 1. The van der Waals surface area contributed by atoms with Gasteiger partial charge < -0.3 is 5.11 Å². The molecule has 0 saturated carbocycles. The van der Waals surface area contributed by atoms with Crippen molar-refractivity contribution in [3.8, 4) is 0 Å². The zero-order chi connectivity index (χ0) is 13.2. The van der Waals surface area contributed by atoms with E-state index in [4.69, 9.17) is 5.11 Å². The molecule has 2 heterocycles. The maximum Gasteiger partial charge on any atom is 0.337 e. The molecule has 94 valence electrons. The van der Waals surface area contributed by atoms with Crippen LogP contribution in [0.25, 0.3) is 10.9 Å². The minimum Gasteiger partial charge on any atom is -0.478 e. The third-order valence-electron chi connectivity index (χ3n) is 2.53. The highest BCUT2D eigenvalue weighted by Gasteiger charge is 2.09. The summed E-state index contributed by atoms with van der Waals surface area (Å²) in [5, 5.41) is 10.7. The van der Waals surface area contributed by atoms with Crippen LogP contribution in [0.3, 0.4) is 0 Å². The summed E-state index contributed by atoms with van der Waals surface area (Å²) in [5.74, 6) is -0.965. The van der Waals surface area contributed by atoms with Crippen LogP contribution < -0.4 is 0 Å². The molecule has 0 aliphatic rings. The van der Waals surface area contributed by atoms with E-state index in [0.717, 1.165) is 20.1 Å². The number of aromatic nitrogens is 2. The molecule has 1 N–H and O–H groups in total. The summed E-state index contributed by atoms with van der Waals surface area (Å²) in [5.41, 5.74) is 1.16. The lowest BCUT2D eigenvalue weighted by atomic mass is 10.3. The van der Waals surface area contributed by atoms with Crippen molar-refractivity contribution in [2.75, 3.05) is 0 Å². The predicted molar refractivity (Wildman–Crippen MR) is 74.9 cm³/mol. The number of pyridine rings is 1. The zero-order valence-electron chi connectivity index (χ0n) is 9.61. The molecule has 0 amide bonds. The number of carboxylic acid groups (broad SMARTS) is 1. The van der Waals surface area contributed by atoms with Gasteiger partial charge in [-0.15, -0.1) is 0 Å². The number of hydrogen-bond acceptors (Lipinski definition) is 5. The molecule has 2 aromatic heterocycles. The van der Waals surface area contributed by atoms with Crippen LogP contribution in [0.15, 0.2) is 51.8 Å². The lowest BCUT2D eigenvalue weighted by Crippen LogP contribution is -1.96. The monoisotopic (exact) mass is 288 g/mol. The van der Waals surface area contributed by atoms with Crippen molar-refractivity contribution in [3.63, 3.8) is 0 Å². The fourth-order valence-electron chi connectivity index (χ4n) is 1.60. The molecule has 0 saturated heterocycles. The van der Waals surface area contributed by atoms with Crippen LogP contribution in [0.4, 0.5) is 0 Å². The second kappa shape index (κ2) is 4.99. The van der Waals surface area contributed by atoms with Crippen molar-refractivity contribution < 1.29 is 9.90 Å². The van der Waals surface area contributed by atoms with E-state index in [1.165, 1.54) is 29.5 Å². The first-order valence-corrected chi connectivity index (χ1v) is 7.04. The van der Waals surface area contributed by atoms with Gasteiger partial charge in [-0.1, -0.05) is 30.0 Å². The largest absolute Gasteiger partial charge is 0.478 e. The SMILES string of the molecule is O=C(O)c1ccc(Sc2snc3ccccc23)nc1. The Morgan fingerprint density at radius 3 is 2.79 bits per heavy atom. The van der Waals surface area contributed by atoms with Crippen LogP contribution in [-0.2, 0) is 0 Å². The molecule has 0 atom stereocenters. The van der Waals surface area contributed by atoms with Gasteiger partial charge in [0.1, 0.15) is 5.03 Å². The molecule has 0 radical (unpaired) electrons. The van der Waals surface area contributed by atoms with Crippen LogP contribution in [0, 0.1) is 0 Å². The van der Waals surface area contributed by atoms with E-state index in [1.54, 1.807) is 12.1 Å². The molecule has 0 aliphatic heterocycles. The van der Waals surface area contributed by atoms with Crippen molar-refractivity contribution in [1.29, 1.82) is 0 Å². The van der Waals surface area contributed by atoms with Gasteiger partial charge in [0.05, 0.1) is 15.3 Å². The summed E-state index contributed by atoms with van der Waals surface area (Å²) in [6.45, 7) is 0. The molecule has 3 rings (SSSR count). The number of rotatable bonds is 3. The molecule has 0 aliphatic carbocycles. The van der Waals surface area contributed by atoms with Gasteiger partial charge >= 0.3 is 5.97 Å². The molecule has 0 spiro atoms. The Labute approximate surface area is 117 Å². The summed E-state index contributed by atoms with van der Waals surface area (Å²) in [6, 6.07) is 11.2. The minimum atomic E-state index is -0.965. The molecule has 0 fully saturated rings. The van der Waals surface area contributed by atoms with Crippen molar-refractivity contribution in [2.24, 2.45) is 0 Å². The molecule has 6 heteroatoms. The van der Waals surface area contributed by atoms with Crippen molar-refractivity contribution in [2.45, 2.75) is 9.24 Å². The van der Waals surface area contributed by atoms with Crippen LogP contribution in [0.2, 0.25) is 0 Å². The van der Waals surface area contributed by atoms with Gasteiger partial charge in [-0.3, -0.25) is 0 Å². The Kier molecular flexibility index (Phi) is 3.18. The Morgan fingerprint density at radius 1 is 1.21 bits per heavy atom. The van der Waals surface area contributed by atoms with Gasteiger partial charge in [-0.25, -0.2) is 9.78 Å². The van der Waals surface area contributed by atoms with Gasteiger partial charge in [0.2, 0.25) is 0 Å². The van der Waals surface area contributed by atoms with Gasteiger partial charge in [-0.2, -0.15) is 4.37 Å². The minimum absolute atomic E-state index is 0.193. The first-order chi connectivity index (χ1) is 9.24. The van der Waals surface area contributed by atoms with Crippen LogP contribution >= 0.6 is 23.3 Å². The average Bonchev–Trinajstić information content (AvgIpc) is 2.83. The number of hydrogen-bond donors (Lipinski definition) is 1. The Hall–Kier alpha value is -1.92. The van der Waals surface area contributed by atoms with Gasteiger partial charge in [0.25, 0.3) is 0 Å². The van der Waals surface area contributed by atoms with E-state index < -0.39 is 5.97 Å². The number of nitrogens with zero attached hydrogens (tertiary/aromatic N) is 2. The molecule has 4 nitrogen and oxygen atoms in total. The van der Waals surface area contributed by atoms with E-state index in [9.17, 15) is 4.79 Å². The molecular formula is C13H8N2O2S2. The highest BCUT2D eigenvalue weighted by molar-refractivity contribution is 8.01. The summed E-state index contributed by atoms with van der Waals surface area (Å²) >= 11 is 2.92. The first kappa shape index (κ1) is 12.1. The van der Waals surface area contributed by atoms with Crippen LogP contribution in [-0.4, -0.2) is 20.4 Å². The third kappa shape index (κ3) is 2.45. The molecular weight excluding hydrogens is 280 g/mol. The Morgan fingerprint density at radius 2 is 2.05 bits per heavy atom. The standard InChI is InChI=1S/C13H8N2O2S2/c16-12(17)8-5-6-11(14-7-8)18-13-9-3-1-2-4-10(9)15-19-13/h1-7H,(H,16,17). The lowest BCUT2D eigenvalue weighted by Gasteiger charge is -1.99. The van der Waals surface area contributed by atoms with E-state index in [2.05, 4.69) is 9.36 Å². The van der Waals surface area contributed by atoms with Crippen molar-refractivity contribution >= 4 is 40.2 Å². The highest BCUT2D eigenvalue weighted by Crippen LogP contribution is 2.35. The topological polar surface area (TPSA) is 63.1 Å². The quantitative estimate of drug-likeness (QED) is 0.798. The smallest absolute Gasteiger partial charge is 0.337 e. The Balaban J connectivity index is 1.90. The van der Waals surface area contributed by atoms with Gasteiger partial charge in [0.15, 0.2) is 0 Å². The summed E-state index contributed by atoms with van der Waals surface area (Å²) in [7, 11) is 0. The van der Waals surface area contributed by atoms with E-state index in [-0.39, 0.29) is 5.56 Å². The predicted octanol–water partition coefficient (Wildman–Crippen LogP) is 3.54. The highest BCUT2D eigenvalue weighted by atomic mass is 32.2. The second-order valence-electron chi connectivity index (χ2n) is 3.78. The fraction of sp³-hybridized carbons (Fsp3) is 0. The number of benzene rings is 1. The normalized spacial score (nSPS) is 10.7. The van der Waals surface area contributed by atoms with E-state index in [0.29, 0.717) is 0 Å². The van der Waals surface area contributed by atoms with Crippen molar-refractivity contribution in [3.05, 3.63) is 48.2 Å². The molecule has 0 bridgehead atoms. The van der Waals surface area contributed by atoms with Gasteiger partial charge in [0, 0.05) is 11.6 Å². The third-order valence-corrected chi connectivity index (χ3v) is 4.53. The fourth-order valence-corrected chi connectivity index (χ4v) is 3.44. The molecule has 0 unspecified atom stereocenters. The summed E-state index contributed by atoms with van der Waals surface area (Å²) in [4.78, 5) is 14.9. The summed E-state index contributed by atoms with van der Waals surface area (Å²) < 4.78 is 5.42. The summed E-state index contributed by atoms with van der Waals surface area (Å²) in [6.07, 6.45) is 1.37.